The average molecular weight is 343 g/mol. The van der Waals surface area contributed by atoms with Gasteiger partial charge in [0, 0.05) is 11.8 Å². The summed E-state index contributed by atoms with van der Waals surface area (Å²) in [6.45, 7) is 7.68. The molecule has 2 aromatic rings. The Morgan fingerprint density at radius 3 is 2.60 bits per heavy atom. The molecule has 2 heterocycles. The number of methoxy groups -OCH3 is 1. The zero-order valence-corrected chi connectivity index (χ0v) is 15.1. The van der Waals surface area contributed by atoms with Crippen LogP contribution >= 0.6 is 0 Å². The van der Waals surface area contributed by atoms with Gasteiger partial charge in [0.25, 0.3) is 0 Å². The Morgan fingerprint density at radius 2 is 1.88 bits per heavy atom. The molecule has 1 fully saturated rings. The number of para-hydroxylation sites is 2. The van der Waals surface area contributed by atoms with E-state index in [9.17, 15) is 0 Å². The zero-order valence-electron chi connectivity index (χ0n) is 15.1. The summed E-state index contributed by atoms with van der Waals surface area (Å²) in [4.78, 5) is 14.6. The second kappa shape index (κ2) is 7.65. The molecule has 0 amide bonds. The third kappa shape index (κ3) is 4.57. The van der Waals surface area contributed by atoms with E-state index >= 15 is 0 Å². The highest BCUT2D eigenvalue weighted by Crippen LogP contribution is 2.25. The topological polar surface area (TPSA) is 90.4 Å². The molecular formula is C18H27N6O+. The molecule has 1 aromatic heterocycles. The summed E-state index contributed by atoms with van der Waals surface area (Å²) < 4.78 is 5.35. The number of quaternary nitrogens is 1. The lowest BCUT2D eigenvalue weighted by Crippen LogP contribution is -3.13. The lowest BCUT2D eigenvalue weighted by atomic mass is 9.92. The molecule has 1 aromatic carbocycles. The van der Waals surface area contributed by atoms with Crippen molar-refractivity contribution in [2.45, 2.75) is 26.8 Å². The quantitative estimate of drug-likeness (QED) is 0.757. The van der Waals surface area contributed by atoms with Gasteiger partial charge in [-0.15, -0.1) is 0 Å². The van der Waals surface area contributed by atoms with Crippen molar-refractivity contribution in [2.75, 3.05) is 31.2 Å². The third-order valence-electron chi connectivity index (χ3n) is 4.54. The number of hydrogen-bond donors (Lipinski definition) is 3. The number of nitrogen functional groups attached to an aromatic ring is 1. The van der Waals surface area contributed by atoms with E-state index < -0.39 is 0 Å². The van der Waals surface area contributed by atoms with Crippen LogP contribution in [0.15, 0.2) is 24.3 Å². The summed E-state index contributed by atoms with van der Waals surface area (Å²) in [6, 6.07) is 7.64. The van der Waals surface area contributed by atoms with E-state index in [1.54, 1.807) is 7.11 Å². The van der Waals surface area contributed by atoms with Crippen LogP contribution in [0.1, 0.15) is 26.1 Å². The number of likely N-dealkylation sites (tertiary alicyclic amines) is 1. The largest absolute Gasteiger partial charge is 0.495 e. The van der Waals surface area contributed by atoms with Gasteiger partial charge in [0.05, 0.1) is 25.9 Å². The Balaban J connectivity index is 1.76. The highest BCUT2D eigenvalue weighted by molar-refractivity contribution is 5.62. The second-order valence-corrected chi connectivity index (χ2v) is 7.04. The van der Waals surface area contributed by atoms with Crippen molar-refractivity contribution in [3.63, 3.8) is 0 Å². The predicted molar refractivity (Wildman–Crippen MR) is 97.9 cm³/mol. The maximum atomic E-state index is 5.90. The number of piperidine rings is 1. The lowest BCUT2D eigenvalue weighted by molar-refractivity contribution is -0.926. The maximum absolute atomic E-state index is 5.90. The van der Waals surface area contributed by atoms with Gasteiger partial charge in [-0.25, -0.2) is 0 Å². The first kappa shape index (κ1) is 17.4. The molecule has 7 heteroatoms. The van der Waals surface area contributed by atoms with Gasteiger partial charge in [-0.3, -0.25) is 0 Å². The molecule has 2 atom stereocenters. The van der Waals surface area contributed by atoms with E-state index in [2.05, 4.69) is 34.1 Å². The minimum absolute atomic E-state index is 0.236. The van der Waals surface area contributed by atoms with Crippen LogP contribution in [0.3, 0.4) is 0 Å². The molecule has 0 unspecified atom stereocenters. The summed E-state index contributed by atoms with van der Waals surface area (Å²) in [7, 11) is 1.63. The van der Waals surface area contributed by atoms with E-state index in [-0.39, 0.29) is 5.95 Å². The molecule has 3 rings (SSSR count). The van der Waals surface area contributed by atoms with Crippen LogP contribution in [0.5, 0.6) is 5.75 Å². The molecule has 4 N–H and O–H groups in total. The van der Waals surface area contributed by atoms with Crippen LogP contribution in [0.2, 0.25) is 0 Å². The molecule has 0 spiro atoms. The van der Waals surface area contributed by atoms with E-state index in [4.69, 9.17) is 10.5 Å². The van der Waals surface area contributed by atoms with Crippen LogP contribution in [0.4, 0.5) is 17.6 Å². The van der Waals surface area contributed by atoms with Gasteiger partial charge in [-0.2, -0.15) is 15.0 Å². The normalized spacial score (nSPS) is 23.2. The summed E-state index contributed by atoms with van der Waals surface area (Å²) in [5.41, 5.74) is 6.70. The second-order valence-electron chi connectivity index (χ2n) is 7.04. The van der Waals surface area contributed by atoms with Crippen molar-refractivity contribution in [3.05, 3.63) is 30.1 Å². The first-order valence-electron chi connectivity index (χ1n) is 8.77. The number of aromatic nitrogens is 3. The number of ether oxygens (including phenoxy) is 1. The van der Waals surface area contributed by atoms with Crippen LogP contribution in [0.25, 0.3) is 0 Å². The van der Waals surface area contributed by atoms with Gasteiger partial charge in [-0.1, -0.05) is 26.0 Å². The van der Waals surface area contributed by atoms with Crippen LogP contribution in [0, 0.1) is 11.8 Å². The van der Waals surface area contributed by atoms with Crippen molar-refractivity contribution in [1.82, 2.24) is 15.0 Å². The molecular weight excluding hydrogens is 316 g/mol. The Morgan fingerprint density at radius 1 is 1.16 bits per heavy atom. The predicted octanol–water partition coefficient (Wildman–Crippen LogP) is 1.27. The van der Waals surface area contributed by atoms with Crippen molar-refractivity contribution in [1.29, 1.82) is 0 Å². The van der Waals surface area contributed by atoms with Gasteiger partial charge >= 0.3 is 0 Å². The van der Waals surface area contributed by atoms with Crippen LogP contribution in [-0.2, 0) is 6.54 Å². The van der Waals surface area contributed by atoms with E-state index in [1.807, 2.05) is 24.3 Å². The van der Waals surface area contributed by atoms with Crippen molar-refractivity contribution >= 4 is 17.6 Å². The summed E-state index contributed by atoms with van der Waals surface area (Å²) in [6.07, 6.45) is 1.30. The number of benzene rings is 1. The zero-order chi connectivity index (χ0) is 17.8. The number of rotatable bonds is 5. The van der Waals surface area contributed by atoms with Crippen LogP contribution < -0.4 is 20.7 Å². The molecule has 1 aliphatic rings. The molecule has 7 nitrogen and oxygen atoms in total. The number of hydrogen-bond acceptors (Lipinski definition) is 6. The smallest absolute Gasteiger partial charge is 0.232 e. The van der Waals surface area contributed by atoms with Gasteiger partial charge in [0.1, 0.15) is 12.3 Å². The number of nitrogens with one attached hydrogen (secondary N) is 2. The average Bonchev–Trinajstić information content (AvgIpc) is 2.53. The number of anilines is 3. The highest BCUT2D eigenvalue weighted by atomic mass is 16.5. The first-order valence-corrected chi connectivity index (χ1v) is 8.77. The molecule has 0 aliphatic carbocycles. The fourth-order valence-electron chi connectivity index (χ4n) is 3.73. The number of nitrogens with two attached hydrogens (primary N) is 1. The summed E-state index contributed by atoms with van der Waals surface area (Å²) in [5, 5.41) is 3.18. The lowest BCUT2D eigenvalue weighted by Gasteiger charge is -2.31. The minimum Gasteiger partial charge on any atom is -0.495 e. The molecule has 0 bridgehead atoms. The summed E-state index contributed by atoms with van der Waals surface area (Å²) in [5.74, 6) is 3.59. The Hall–Kier alpha value is -2.41. The third-order valence-corrected chi connectivity index (χ3v) is 4.54. The number of nitrogens with zero attached hydrogens (tertiary/aromatic N) is 3. The van der Waals surface area contributed by atoms with Crippen molar-refractivity contribution in [2.24, 2.45) is 11.8 Å². The fourth-order valence-corrected chi connectivity index (χ4v) is 3.73. The molecule has 0 radical (unpaired) electrons. The standard InChI is InChI=1S/C18H26N6O/c1-12-8-13(2)10-24(9-12)11-16-21-17(19)23-18(22-16)20-14-6-4-5-7-15(14)25-3/h4-7,12-13H,8-11H2,1-3H3,(H3,19,20,21,22,23)/p+1/t12-,13-/m1/s1. The Kier molecular flexibility index (Phi) is 5.33. The molecule has 134 valence electrons. The maximum Gasteiger partial charge on any atom is 0.232 e. The molecule has 1 aliphatic heterocycles. The Bertz CT molecular complexity index is 712. The van der Waals surface area contributed by atoms with Crippen molar-refractivity contribution in [3.8, 4) is 5.75 Å². The monoisotopic (exact) mass is 343 g/mol. The van der Waals surface area contributed by atoms with E-state index in [1.165, 1.54) is 11.3 Å². The molecule has 1 saturated heterocycles. The fraction of sp³-hybridized carbons (Fsp3) is 0.500. The van der Waals surface area contributed by atoms with Crippen molar-refractivity contribution < 1.29 is 9.64 Å². The SMILES string of the molecule is COc1ccccc1Nc1nc(N)nc(C[NH+]2C[C@H](C)C[C@@H](C)C2)n1. The van der Waals surface area contributed by atoms with Gasteiger partial charge in [-0.05, 0) is 18.6 Å². The van der Waals surface area contributed by atoms with Gasteiger partial charge in [0.15, 0.2) is 5.82 Å². The van der Waals surface area contributed by atoms with Gasteiger partial charge in [0.2, 0.25) is 11.9 Å². The van der Waals surface area contributed by atoms with Crippen LogP contribution in [-0.4, -0.2) is 35.2 Å². The van der Waals surface area contributed by atoms with E-state index in [0.29, 0.717) is 5.95 Å². The van der Waals surface area contributed by atoms with E-state index in [0.717, 1.165) is 48.7 Å². The van der Waals surface area contributed by atoms with Gasteiger partial charge < -0.3 is 20.7 Å². The minimum atomic E-state index is 0.236. The Labute approximate surface area is 148 Å². The molecule has 25 heavy (non-hydrogen) atoms. The summed E-state index contributed by atoms with van der Waals surface area (Å²) >= 11 is 0. The molecule has 0 saturated carbocycles. The first-order chi connectivity index (χ1) is 12.0. The highest BCUT2D eigenvalue weighted by Gasteiger charge is 2.26.